The lowest BCUT2D eigenvalue weighted by atomic mass is 10.0. The largest absolute Gasteiger partial charge is 0.292 e. The van der Waals surface area contributed by atoms with Crippen LogP contribution in [0.25, 0.3) is 10.9 Å². The van der Waals surface area contributed by atoms with E-state index >= 15 is 0 Å². The maximum Gasteiger partial charge on any atom is 0.188 e. The number of Topliss-reactive ketones (excluding diaryl/α,β-unsaturated/α-hetero) is 1. The summed E-state index contributed by atoms with van der Waals surface area (Å²) in [6, 6.07) is 9.67. The van der Waals surface area contributed by atoms with Crippen molar-refractivity contribution in [3.05, 3.63) is 54.0 Å². The van der Waals surface area contributed by atoms with Gasteiger partial charge in [0.1, 0.15) is 5.69 Å². The van der Waals surface area contributed by atoms with Crippen LogP contribution in [0, 0.1) is 0 Å². The van der Waals surface area contributed by atoms with E-state index < -0.39 is 0 Å². The van der Waals surface area contributed by atoms with Crippen LogP contribution in [0.15, 0.2) is 42.7 Å². The fourth-order valence-corrected chi connectivity index (χ4v) is 2.29. The lowest BCUT2D eigenvalue weighted by Gasteiger charge is -2.03. The summed E-state index contributed by atoms with van der Waals surface area (Å²) in [5, 5.41) is 1.01. The number of benzene rings is 1. The number of carbonyl (C=O) groups is 1. The monoisotopic (exact) mass is 255 g/mol. The number of fused-ring (bicyclic) bond motifs is 1. The smallest absolute Gasteiger partial charge is 0.188 e. The lowest BCUT2D eigenvalue weighted by molar-refractivity contribution is 0.0989. The predicted octanol–water partition coefficient (Wildman–Crippen LogP) is 2.51. The van der Waals surface area contributed by atoms with Gasteiger partial charge in [0.25, 0.3) is 0 Å². The van der Waals surface area contributed by atoms with Gasteiger partial charge in [-0.15, -0.1) is 0 Å². The van der Waals surface area contributed by atoms with Crippen molar-refractivity contribution in [2.24, 2.45) is 0 Å². The van der Waals surface area contributed by atoms with E-state index in [1.54, 1.807) is 6.20 Å². The van der Waals surface area contributed by atoms with Gasteiger partial charge in [-0.2, -0.15) is 8.75 Å². The highest BCUT2D eigenvalue weighted by Gasteiger charge is 2.11. The van der Waals surface area contributed by atoms with Gasteiger partial charge in [0.05, 0.1) is 23.4 Å². The molecule has 0 bridgehead atoms. The summed E-state index contributed by atoms with van der Waals surface area (Å²) in [6.45, 7) is 0. The first-order chi connectivity index (χ1) is 8.84. The van der Waals surface area contributed by atoms with Gasteiger partial charge in [0, 0.05) is 18.0 Å². The van der Waals surface area contributed by atoms with Gasteiger partial charge in [0.2, 0.25) is 0 Å². The zero-order valence-electron chi connectivity index (χ0n) is 9.41. The van der Waals surface area contributed by atoms with Gasteiger partial charge in [-0.1, -0.05) is 18.2 Å². The first-order valence-corrected chi connectivity index (χ1v) is 6.21. The van der Waals surface area contributed by atoms with Gasteiger partial charge in [0.15, 0.2) is 5.78 Å². The molecule has 18 heavy (non-hydrogen) atoms. The normalized spacial score (nSPS) is 10.7. The Morgan fingerprint density at radius 1 is 1.22 bits per heavy atom. The van der Waals surface area contributed by atoms with E-state index in [2.05, 4.69) is 13.7 Å². The Labute approximate surface area is 108 Å². The molecule has 0 aliphatic rings. The Kier molecular flexibility index (Phi) is 2.82. The molecule has 0 fully saturated rings. The van der Waals surface area contributed by atoms with Crippen LogP contribution in [-0.2, 0) is 6.42 Å². The fourth-order valence-electron chi connectivity index (χ4n) is 1.86. The van der Waals surface area contributed by atoms with Crippen LogP contribution in [0.3, 0.4) is 0 Å². The molecule has 0 aliphatic carbocycles. The number of hydrogen-bond acceptors (Lipinski definition) is 5. The third kappa shape index (κ3) is 2.00. The second-order valence-corrected chi connectivity index (χ2v) is 4.44. The standard InChI is InChI=1S/C13H9N3OS/c17-13(12-8-15-18-16-12)7-9-5-6-14-11-4-2-1-3-10(9)11/h1-6,8H,7H2. The van der Waals surface area contributed by atoms with Gasteiger partial charge in [-0.25, -0.2) is 0 Å². The summed E-state index contributed by atoms with van der Waals surface area (Å²) in [7, 11) is 0. The van der Waals surface area contributed by atoms with E-state index in [4.69, 9.17) is 0 Å². The van der Waals surface area contributed by atoms with Crippen molar-refractivity contribution in [1.29, 1.82) is 0 Å². The van der Waals surface area contributed by atoms with Crippen LogP contribution in [0.1, 0.15) is 16.1 Å². The number of ketones is 1. The number of pyridine rings is 1. The van der Waals surface area contributed by atoms with Crippen molar-refractivity contribution < 1.29 is 4.79 Å². The Morgan fingerprint density at radius 2 is 2.11 bits per heavy atom. The third-order valence-corrected chi connectivity index (χ3v) is 3.22. The van der Waals surface area contributed by atoms with E-state index in [0.717, 1.165) is 28.2 Å². The molecule has 0 radical (unpaired) electrons. The summed E-state index contributed by atoms with van der Waals surface area (Å²) in [5.74, 6) is -0.0138. The van der Waals surface area contributed by atoms with E-state index in [0.29, 0.717) is 12.1 Å². The molecule has 2 heterocycles. The Morgan fingerprint density at radius 3 is 2.94 bits per heavy atom. The Bertz CT molecular complexity index is 689. The molecule has 0 amide bonds. The van der Waals surface area contributed by atoms with Crippen molar-refractivity contribution in [3.8, 4) is 0 Å². The molecule has 2 aromatic heterocycles. The minimum Gasteiger partial charge on any atom is -0.292 e. The molecule has 0 unspecified atom stereocenters. The zero-order valence-corrected chi connectivity index (χ0v) is 10.2. The van der Waals surface area contributed by atoms with E-state index in [-0.39, 0.29) is 5.78 Å². The molecule has 88 valence electrons. The number of hydrogen-bond donors (Lipinski definition) is 0. The van der Waals surface area contributed by atoms with Crippen molar-refractivity contribution in [3.63, 3.8) is 0 Å². The number of para-hydroxylation sites is 1. The molecular weight excluding hydrogens is 246 g/mol. The fraction of sp³-hybridized carbons (Fsp3) is 0.0769. The lowest BCUT2D eigenvalue weighted by Crippen LogP contribution is -2.04. The summed E-state index contributed by atoms with van der Waals surface area (Å²) in [5.41, 5.74) is 2.30. The number of nitrogens with zero attached hydrogens (tertiary/aromatic N) is 3. The first kappa shape index (κ1) is 11.0. The van der Waals surface area contributed by atoms with Crippen molar-refractivity contribution in [2.75, 3.05) is 0 Å². The van der Waals surface area contributed by atoms with Crippen LogP contribution in [-0.4, -0.2) is 19.5 Å². The maximum atomic E-state index is 12.0. The molecule has 0 aliphatic heterocycles. The molecule has 0 atom stereocenters. The SMILES string of the molecule is O=C(Cc1ccnc2ccccc12)c1cnsn1. The van der Waals surface area contributed by atoms with Crippen LogP contribution >= 0.6 is 11.7 Å². The van der Waals surface area contributed by atoms with Crippen molar-refractivity contribution in [2.45, 2.75) is 6.42 Å². The van der Waals surface area contributed by atoms with E-state index in [1.165, 1.54) is 6.20 Å². The quantitative estimate of drug-likeness (QED) is 0.675. The van der Waals surface area contributed by atoms with E-state index in [9.17, 15) is 4.79 Å². The molecule has 4 nitrogen and oxygen atoms in total. The van der Waals surface area contributed by atoms with Crippen LogP contribution in [0.5, 0.6) is 0 Å². The second kappa shape index (κ2) is 4.62. The average Bonchev–Trinajstić information content (AvgIpc) is 2.93. The number of rotatable bonds is 3. The minimum absolute atomic E-state index is 0.0138. The Balaban J connectivity index is 1.98. The molecule has 3 rings (SSSR count). The highest BCUT2D eigenvalue weighted by atomic mass is 32.1. The van der Waals surface area contributed by atoms with Crippen molar-refractivity contribution >= 4 is 28.4 Å². The zero-order chi connectivity index (χ0) is 12.4. The van der Waals surface area contributed by atoms with Crippen LogP contribution in [0.4, 0.5) is 0 Å². The van der Waals surface area contributed by atoms with Gasteiger partial charge in [-0.3, -0.25) is 9.78 Å². The van der Waals surface area contributed by atoms with Crippen LogP contribution < -0.4 is 0 Å². The highest BCUT2D eigenvalue weighted by molar-refractivity contribution is 6.99. The van der Waals surface area contributed by atoms with Gasteiger partial charge < -0.3 is 0 Å². The average molecular weight is 255 g/mol. The third-order valence-electron chi connectivity index (χ3n) is 2.74. The van der Waals surface area contributed by atoms with Gasteiger partial charge in [-0.05, 0) is 17.7 Å². The van der Waals surface area contributed by atoms with Crippen molar-refractivity contribution in [1.82, 2.24) is 13.7 Å². The highest BCUT2D eigenvalue weighted by Crippen LogP contribution is 2.17. The first-order valence-electron chi connectivity index (χ1n) is 5.48. The summed E-state index contributed by atoms with van der Waals surface area (Å²) in [4.78, 5) is 16.3. The molecule has 0 N–H and O–H groups in total. The summed E-state index contributed by atoms with van der Waals surface area (Å²) >= 11 is 1.05. The molecule has 1 aromatic carbocycles. The second-order valence-electron chi connectivity index (χ2n) is 3.88. The Hall–Kier alpha value is -2.14. The topological polar surface area (TPSA) is 55.7 Å². The number of carbonyl (C=O) groups excluding carboxylic acids is 1. The summed E-state index contributed by atoms with van der Waals surface area (Å²) in [6.07, 6.45) is 3.56. The molecule has 3 aromatic rings. The molecule has 5 heteroatoms. The summed E-state index contributed by atoms with van der Waals surface area (Å²) < 4.78 is 7.80. The predicted molar refractivity (Wildman–Crippen MR) is 69.7 cm³/mol. The minimum atomic E-state index is -0.0138. The number of aromatic nitrogens is 3. The molecule has 0 saturated heterocycles. The maximum absolute atomic E-state index is 12.0. The van der Waals surface area contributed by atoms with Gasteiger partial charge >= 0.3 is 0 Å². The molecule has 0 spiro atoms. The molecular formula is C13H9N3OS. The van der Waals surface area contributed by atoms with Crippen LogP contribution in [0.2, 0.25) is 0 Å². The van der Waals surface area contributed by atoms with E-state index in [1.807, 2.05) is 30.3 Å². The molecule has 0 saturated carbocycles.